The zero-order chi connectivity index (χ0) is 17.6. The quantitative estimate of drug-likeness (QED) is 0.579. The van der Waals surface area contributed by atoms with E-state index in [4.69, 9.17) is 4.74 Å². The van der Waals surface area contributed by atoms with Crippen LogP contribution in [0.25, 0.3) is 0 Å². The van der Waals surface area contributed by atoms with E-state index >= 15 is 0 Å². The van der Waals surface area contributed by atoms with Crippen LogP contribution in [0.3, 0.4) is 0 Å². The summed E-state index contributed by atoms with van der Waals surface area (Å²) in [6.07, 6.45) is 0. The van der Waals surface area contributed by atoms with Crippen molar-refractivity contribution in [3.63, 3.8) is 0 Å². The summed E-state index contributed by atoms with van der Waals surface area (Å²) in [5.74, 6) is 1.45. The summed E-state index contributed by atoms with van der Waals surface area (Å²) in [5, 5.41) is 15.1. The van der Waals surface area contributed by atoms with E-state index < -0.39 is 6.03 Å². The summed E-state index contributed by atoms with van der Waals surface area (Å²) in [6, 6.07) is 21.1. The Kier molecular flexibility index (Phi) is 4.85. The monoisotopic (exact) mass is 334 g/mol. The number of benzene rings is 3. The number of aryl methyl sites for hydroxylation is 1. The number of hydrogen-bond acceptors (Lipinski definition) is 3. The Hall–Kier alpha value is -3.47. The average molecular weight is 334 g/mol. The third-order valence-electron chi connectivity index (χ3n) is 3.49. The van der Waals surface area contributed by atoms with Crippen molar-refractivity contribution in [1.82, 2.24) is 0 Å². The van der Waals surface area contributed by atoms with Crippen LogP contribution in [0, 0.1) is 6.92 Å². The number of urea groups is 1. The highest BCUT2D eigenvalue weighted by atomic mass is 16.5. The fourth-order valence-corrected chi connectivity index (χ4v) is 2.26. The third-order valence-corrected chi connectivity index (χ3v) is 3.49. The molecule has 0 atom stereocenters. The van der Waals surface area contributed by atoms with Crippen molar-refractivity contribution < 1.29 is 14.6 Å². The minimum Gasteiger partial charge on any atom is -0.506 e. The lowest BCUT2D eigenvalue weighted by atomic mass is 10.2. The van der Waals surface area contributed by atoms with Gasteiger partial charge in [0.05, 0.1) is 5.69 Å². The van der Waals surface area contributed by atoms with E-state index in [9.17, 15) is 9.90 Å². The Morgan fingerprint density at radius 1 is 0.880 bits per heavy atom. The number of carbonyl (C=O) groups is 1. The second-order valence-corrected chi connectivity index (χ2v) is 5.54. The van der Waals surface area contributed by atoms with Crippen LogP contribution in [0.15, 0.2) is 72.8 Å². The maximum atomic E-state index is 12.0. The molecule has 0 spiro atoms. The number of phenols is 1. The molecule has 0 aliphatic carbocycles. The highest BCUT2D eigenvalue weighted by molar-refractivity contribution is 6.00. The van der Waals surface area contributed by atoms with Crippen molar-refractivity contribution in [1.29, 1.82) is 0 Å². The summed E-state index contributed by atoms with van der Waals surface area (Å²) >= 11 is 0. The van der Waals surface area contributed by atoms with Crippen molar-refractivity contribution in [2.24, 2.45) is 0 Å². The topological polar surface area (TPSA) is 70.6 Å². The van der Waals surface area contributed by atoms with Crippen LogP contribution in [-0.4, -0.2) is 11.1 Å². The van der Waals surface area contributed by atoms with Crippen LogP contribution < -0.4 is 15.4 Å². The Morgan fingerprint density at radius 2 is 1.56 bits per heavy atom. The molecular weight excluding hydrogens is 316 g/mol. The van der Waals surface area contributed by atoms with Gasteiger partial charge in [-0.05, 0) is 61.0 Å². The van der Waals surface area contributed by atoms with Gasteiger partial charge in [0, 0.05) is 5.69 Å². The van der Waals surface area contributed by atoms with Crippen molar-refractivity contribution in [2.75, 3.05) is 10.6 Å². The molecule has 0 unspecified atom stereocenters. The van der Waals surface area contributed by atoms with Gasteiger partial charge in [-0.15, -0.1) is 0 Å². The Balaban J connectivity index is 1.60. The molecule has 3 rings (SSSR count). The number of ether oxygens (including phenoxy) is 1. The van der Waals surface area contributed by atoms with Crippen molar-refractivity contribution in [2.45, 2.75) is 6.92 Å². The van der Waals surface area contributed by atoms with E-state index in [2.05, 4.69) is 10.6 Å². The molecule has 0 aliphatic rings. The molecule has 25 heavy (non-hydrogen) atoms. The number of para-hydroxylation sites is 1. The van der Waals surface area contributed by atoms with Crippen molar-refractivity contribution in [3.8, 4) is 17.2 Å². The van der Waals surface area contributed by atoms with Gasteiger partial charge < -0.3 is 20.5 Å². The molecule has 0 radical (unpaired) electrons. The molecule has 3 aromatic carbocycles. The van der Waals surface area contributed by atoms with Gasteiger partial charge in [-0.2, -0.15) is 0 Å². The molecule has 3 N–H and O–H groups in total. The number of phenolic OH excluding ortho intramolecular Hbond substituents is 1. The first-order valence-electron chi connectivity index (χ1n) is 7.81. The third kappa shape index (κ3) is 4.51. The second kappa shape index (κ2) is 7.40. The molecule has 0 bridgehead atoms. The molecule has 5 nitrogen and oxygen atoms in total. The van der Waals surface area contributed by atoms with Crippen LogP contribution in [0.1, 0.15) is 5.56 Å². The number of aromatic hydroxyl groups is 1. The number of anilines is 2. The molecule has 0 saturated carbocycles. The van der Waals surface area contributed by atoms with Gasteiger partial charge in [-0.3, -0.25) is 0 Å². The van der Waals surface area contributed by atoms with Gasteiger partial charge in [0.15, 0.2) is 0 Å². The van der Waals surface area contributed by atoms with E-state index in [0.29, 0.717) is 17.1 Å². The molecule has 0 saturated heterocycles. The molecular formula is C20H18N2O3. The minimum absolute atomic E-state index is 0.0294. The lowest BCUT2D eigenvalue weighted by molar-refractivity contribution is 0.262. The van der Waals surface area contributed by atoms with E-state index in [1.807, 2.05) is 43.3 Å². The summed E-state index contributed by atoms with van der Waals surface area (Å²) < 4.78 is 5.70. The molecule has 0 aliphatic heterocycles. The van der Waals surface area contributed by atoms with Gasteiger partial charge >= 0.3 is 6.03 Å². The predicted octanol–water partition coefficient (Wildman–Crippen LogP) is 5.14. The van der Waals surface area contributed by atoms with Gasteiger partial charge in [0.1, 0.15) is 17.2 Å². The highest BCUT2D eigenvalue weighted by Gasteiger charge is 2.07. The van der Waals surface area contributed by atoms with E-state index in [1.54, 1.807) is 36.4 Å². The first kappa shape index (κ1) is 16.4. The Bertz CT molecular complexity index is 862. The highest BCUT2D eigenvalue weighted by Crippen LogP contribution is 2.25. The molecule has 0 heterocycles. The van der Waals surface area contributed by atoms with Crippen molar-refractivity contribution in [3.05, 3.63) is 78.4 Å². The lowest BCUT2D eigenvalue weighted by Gasteiger charge is -2.10. The second-order valence-electron chi connectivity index (χ2n) is 5.54. The minimum atomic E-state index is -0.434. The maximum absolute atomic E-state index is 12.0. The van der Waals surface area contributed by atoms with Gasteiger partial charge in [-0.25, -0.2) is 4.79 Å². The maximum Gasteiger partial charge on any atom is 0.323 e. The molecule has 0 fully saturated rings. The summed E-state index contributed by atoms with van der Waals surface area (Å²) in [4.78, 5) is 12.0. The number of rotatable bonds is 4. The zero-order valence-corrected chi connectivity index (χ0v) is 13.7. The number of nitrogens with one attached hydrogen (secondary N) is 2. The smallest absolute Gasteiger partial charge is 0.323 e. The summed E-state index contributed by atoms with van der Waals surface area (Å²) in [5.41, 5.74) is 1.88. The van der Waals surface area contributed by atoms with Gasteiger partial charge in [-0.1, -0.05) is 24.3 Å². The number of amides is 2. The molecule has 0 aromatic heterocycles. The molecule has 3 aromatic rings. The van der Waals surface area contributed by atoms with E-state index in [-0.39, 0.29) is 5.75 Å². The SMILES string of the molecule is Cc1ccc(NC(=O)Nc2ccc(Oc3ccccc3)cc2)c(O)c1. The normalized spacial score (nSPS) is 10.1. The predicted molar refractivity (Wildman–Crippen MR) is 98.4 cm³/mol. The Morgan fingerprint density at radius 3 is 2.24 bits per heavy atom. The van der Waals surface area contributed by atoms with E-state index in [0.717, 1.165) is 11.3 Å². The first-order chi connectivity index (χ1) is 12.1. The Labute approximate surface area is 145 Å². The first-order valence-corrected chi connectivity index (χ1v) is 7.81. The van der Waals surface area contributed by atoms with Crippen LogP contribution in [0.4, 0.5) is 16.2 Å². The number of carbonyl (C=O) groups excluding carboxylic acids is 1. The van der Waals surface area contributed by atoms with Crippen molar-refractivity contribution >= 4 is 17.4 Å². The van der Waals surface area contributed by atoms with Crippen LogP contribution in [-0.2, 0) is 0 Å². The average Bonchev–Trinajstić information content (AvgIpc) is 2.60. The van der Waals surface area contributed by atoms with Gasteiger partial charge in [0.25, 0.3) is 0 Å². The molecule has 126 valence electrons. The molecule has 5 heteroatoms. The van der Waals surface area contributed by atoms with Crippen LogP contribution >= 0.6 is 0 Å². The van der Waals surface area contributed by atoms with E-state index in [1.165, 1.54) is 0 Å². The standard InChI is InChI=1S/C20H18N2O3/c1-14-7-12-18(19(23)13-14)22-20(24)21-15-8-10-17(11-9-15)25-16-5-3-2-4-6-16/h2-13,23H,1H3,(H2,21,22,24). The summed E-state index contributed by atoms with van der Waals surface area (Å²) in [7, 11) is 0. The summed E-state index contributed by atoms with van der Waals surface area (Å²) in [6.45, 7) is 1.86. The van der Waals surface area contributed by atoms with Crippen LogP contribution in [0.2, 0.25) is 0 Å². The molecule has 2 amide bonds. The number of hydrogen-bond donors (Lipinski definition) is 3. The zero-order valence-electron chi connectivity index (χ0n) is 13.7. The van der Waals surface area contributed by atoms with Crippen LogP contribution in [0.5, 0.6) is 17.2 Å². The van der Waals surface area contributed by atoms with Gasteiger partial charge in [0.2, 0.25) is 0 Å². The largest absolute Gasteiger partial charge is 0.506 e. The fourth-order valence-electron chi connectivity index (χ4n) is 2.26. The fraction of sp³-hybridized carbons (Fsp3) is 0.0500. The lowest BCUT2D eigenvalue weighted by Crippen LogP contribution is -2.19.